The standard InChI is InChI=1S/C16H22N4O3/c21-9-1-8-20-14(23)7-2-11-10-17-16(19-15(11)20)18-12-3-5-13(22)6-4-12/h2,7,10,12-13,21-22H,1,3-6,8-9H2,(H,17,18,19). The molecule has 7 heteroatoms. The first-order valence-corrected chi connectivity index (χ1v) is 8.09. The van der Waals surface area contributed by atoms with Gasteiger partial charge in [0.2, 0.25) is 5.95 Å². The van der Waals surface area contributed by atoms with Crippen molar-refractivity contribution < 1.29 is 10.2 Å². The van der Waals surface area contributed by atoms with Crippen LogP contribution in [0.3, 0.4) is 0 Å². The summed E-state index contributed by atoms with van der Waals surface area (Å²) in [7, 11) is 0. The smallest absolute Gasteiger partial charge is 0.252 e. The Kier molecular flexibility index (Phi) is 4.88. The molecule has 3 rings (SSSR count). The largest absolute Gasteiger partial charge is 0.396 e. The van der Waals surface area contributed by atoms with Gasteiger partial charge < -0.3 is 15.5 Å². The third-order valence-corrected chi connectivity index (χ3v) is 4.29. The van der Waals surface area contributed by atoms with Crippen LogP contribution in [0.1, 0.15) is 32.1 Å². The van der Waals surface area contributed by atoms with E-state index in [2.05, 4.69) is 15.3 Å². The van der Waals surface area contributed by atoms with Gasteiger partial charge in [-0.15, -0.1) is 0 Å². The summed E-state index contributed by atoms with van der Waals surface area (Å²) in [6.45, 7) is 0.460. The number of aryl methyl sites for hydroxylation is 1. The summed E-state index contributed by atoms with van der Waals surface area (Å²) < 4.78 is 1.57. The van der Waals surface area contributed by atoms with Crippen LogP contribution >= 0.6 is 0 Å². The van der Waals surface area contributed by atoms with Crippen LogP contribution in [0.15, 0.2) is 23.1 Å². The monoisotopic (exact) mass is 318 g/mol. The number of aromatic nitrogens is 3. The molecule has 0 aromatic carbocycles. The fourth-order valence-electron chi connectivity index (χ4n) is 2.99. The Hall–Kier alpha value is -1.99. The Morgan fingerprint density at radius 1 is 1.26 bits per heavy atom. The number of fused-ring (bicyclic) bond motifs is 1. The fourth-order valence-corrected chi connectivity index (χ4v) is 2.99. The Balaban J connectivity index is 1.86. The summed E-state index contributed by atoms with van der Waals surface area (Å²) in [6.07, 6.45) is 5.35. The van der Waals surface area contributed by atoms with Crippen LogP contribution in [0.2, 0.25) is 0 Å². The van der Waals surface area contributed by atoms with Gasteiger partial charge in [-0.05, 0) is 38.2 Å². The van der Waals surface area contributed by atoms with Gasteiger partial charge in [0.1, 0.15) is 5.65 Å². The molecule has 2 aromatic rings. The molecule has 0 aliphatic heterocycles. The molecule has 23 heavy (non-hydrogen) atoms. The van der Waals surface area contributed by atoms with Crippen LogP contribution in [0, 0.1) is 0 Å². The third kappa shape index (κ3) is 3.68. The first-order valence-electron chi connectivity index (χ1n) is 8.09. The van der Waals surface area contributed by atoms with Gasteiger partial charge in [-0.1, -0.05) is 0 Å². The van der Waals surface area contributed by atoms with Gasteiger partial charge >= 0.3 is 0 Å². The SMILES string of the molecule is O=c1ccc2cnc(NC3CCC(O)CC3)nc2n1CCCO. The van der Waals surface area contributed by atoms with Gasteiger partial charge in [-0.2, -0.15) is 4.98 Å². The van der Waals surface area contributed by atoms with E-state index in [-0.39, 0.29) is 24.3 Å². The van der Waals surface area contributed by atoms with Crippen molar-refractivity contribution in [3.05, 3.63) is 28.7 Å². The number of anilines is 1. The summed E-state index contributed by atoms with van der Waals surface area (Å²) in [5.74, 6) is 0.502. The number of hydrogen-bond donors (Lipinski definition) is 3. The molecule has 0 amide bonds. The van der Waals surface area contributed by atoms with Gasteiger partial charge in [-0.25, -0.2) is 4.98 Å². The van der Waals surface area contributed by atoms with E-state index < -0.39 is 0 Å². The first kappa shape index (κ1) is 15.9. The molecule has 1 aliphatic rings. The predicted molar refractivity (Wildman–Crippen MR) is 87.4 cm³/mol. The molecule has 0 radical (unpaired) electrons. The molecular formula is C16H22N4O3. The summed E-state index contributed by atoms with van der Waals surface area (Å²) >= 11 is 0. The van der Waals surface area contributed by atoms with E-state index >= 15 is 0 Å². The maximum absolute atomic E-state index is 12.0. The Morgan fingerprint density at radius 3 is 2.78 bits per heavy atom. The summed E-state index contributed by atoms with van der Waals surface area (Å²) in [6, 6.07) is 3.46. The lowest BCUT2D eigenvalue weighted by Crippen LogP contribution is -2.29. The quantitative estimate of drug-likeness (QED) is 0.757. The van der Waals surface area contributed by atoms with Crippen LogP contribution in [0.5, 0.6) is 0 Å². The number of nitrogens with one attached hydrogen (secondary N) is 1. The molecular weight excluding hydrogens is 296 g/mol. The molecule has 0 atom stereocenters. The lowest BCUT2D eigenvalue weighted by molar-refractivity contribution is 0.126. The highest BCUT2D eigenvalue weighted by molar-refractivity contribution is 5.75. The van der Waals surface area contributed by atoms with Gasteiger partial charge in [0.25, 0.3) is 5.56 Å². The second-order valence-corrected chi connectivity index (χ2v) is 6.02. The van der Waals surface area contributed by atoms with Crippen LogP contribution in [0.25, 0.3) is 11.0 Å². The van der Waals surface area contributed by atoms with E-state index in [9.17, 15) is 9.90 Å². The molecule has 0 spiro atoms. The number of aliphatic hydroxyl groups excluding tert-OH is 2. The number of aliphatic hydroxyl groups is 2. The topological polar surface area (TPSA) is 100 Å². The maximum atomic E-state index is 12.0. The molecule has 3 N–H and O–H groups in total. The van der Waals surface area contributed by atoms with Gasteiger partial charge in [-0.3, -0.25) is 9.36 Å². The molecule has 1 fully saturated rings. The number of pyridine rings is 1. The molecule has 124 valence electrons. The molecule has 1 aliphatic carbocycles. The van der Waals surface area contributed by atoms with Crippen LogP contribution in [0.4, 0.5) is 5.95 Å². The summed E-state index contributed by atoms with van der Waals surface area (Å²) in [5.41, 5.74) is 0.454. The van der Waals surface area contributed by atoms with Crippen molar-refractivity contribution in [3.63, 3.8) is 0 Å². The number of rotatable bonds is 5. The van der Waals surface area contributed by atoms with Crippen molar-refractivity contribution >= 4 is 17.0 Å². The molecule has 2 aromatic heterocycles. The van der Waals surface area contributed by atoms with Gasteiger partial charge in [0.15, 0.2) is 0 Å². The Morgan fingerprint density at radius 2 is 2.04 bits per heavy atom. The van der Waals surface area contributed by atoms with Crippen LogP contribution < -0.4 is 10.9 Å². The fraction of sp³-hybridized carbons (Fsp3) is 0.562. The first-order chi connectivity index (χ1) is 11.2. The zero-order valence-electron chi connectivity index (χ0n) is 13.0. The Labute approximate surface area is 134 Å². The zero-order chi connectivity index (χ0) is 16.2. The van der Waals surface area contributed by atoms with E-state index in [1.54, 1.807) is 16.8 Å². The second kappa shape index (κ2) is 7.06. The summed E-state index contributed by atoms with van der Waals surface area (Å²) in [5, 5.41) is 22.7. The number of nitrogens with zero attached hydrogens (tertiary/aromatic N) is 3. The van der Waals surface area contributed by atoms with Crippen LogP contribution in [-0.2, 0) is 6.54 Å². The highest BCUT2D eigenvalue weighted by atomic mass is 16.3. The normalized spacial score (nSPS) is 21.5. The van der Waals surface area contributed by atoms with Crippen LogP contribution in [-0.4, -0.2) is 43.5 Å². The van der Waals surface area contributed by atoms with E-state index in [1.165, 1.54) is 6.07 Å². The maximum Gasteiger partial charge on any atom is 0.252 e. The van der Waals surface area contributed by atoms with E-state index in [0.717, 1.165) is 31.1 Å². The number of hydrogen-bond acceptors (Lipinski definition) is 6. The lowest BCUT2D eigenvalue weighted by Gasteiger charge is -2.26. The van der Waals surface area contributed by atoms with Crippen molar-refractivity contribution in [2.45, 2.75) is 50.8 Å². The minimum atomic E-state index is -0.200. The van der Waals surface area contributed by atoms with Crippen molar-refractivity contribution in [2.75, 3.05) is 11.9 Å². The molecule has 7 nitrogen and oxygen atoms in total. The summed E-state index contributed by atoms with van der Waals surface area (Å²) in [4.78, 5) is 20.9. The molecule has 0 bridgehead atoms. The minimum absolute atomic E-state index is 0.0312. The van der Waals surface area contributed by atoms with Gasteiger partial charge in [0.05, 0.1) is 6.10 Å². The molecule has 0 unspecified atom stereocenters. The Bertz CT molecular complexity index is 723. The molecule has 0 saturated heterocycles. The van der Waals surface area contributed by atoms with E-state index in [1.807, 2.05) is 0 Å². The second-order valence-electron chi connectivity index (χ2n) is 6.02. The molecule has 2 heterocycles. The minimum Gasteiger partial charge on any atom is -0.396 e. The predicted octanol–water partition coefficient (Wildman–Crippen LogP) is 0.889. The van der Waals surface area contributed by atoms with E-state index in [4.69, 9.17) is 5.11 Å². The van der Waals surface area contributed by atoms with Crippen molar-refractivity contribution in [3.8, 4) is 0 Å². The molecule has 1 saturated carbocycles. The highest BCUT2D eigenvalue weighted by Gasteiger charge is 2.20. The zero-order valence-corrected chi connectivity index (χ0v) is 13.0. The third-order valence-electron chi connectivity index (χ3n) is 4.29. The van der Waals surface area contributed by atoms with Crippen molar-refractivity contribution in [1.82, 2.24) is 14.5 Å². The van der Waals surface area contributed by atoms with Crippen molar-refractivity contribution in [1.29, 1.82) is 0 Å². The average Bonchev–Trinajstić information content (AvgIpc) is 2.56. The average molecular weight is 318 g/mol. The lowest BCUT2D eigenvalue weighted by atomic mass is 9.93. The van der Waals surface area contributed by atoms with Crippen molar-refractivity contribution in [2.24, 2.45) is 0 Å². The van der Waals surface area contributed by atoms with E-state index in [0.29, 0.717) is 24.6 Å². The van der Waals surface area contributed by atoms with Gasteiger partial charge in [0, 0.05) is 36.8 Å². The highest BCUT2D eigenvalue weighted by Crippen LogP contribution is 2.21.